The molecule has 0 spiro atoms. The highest BCUT2D eigenvalue weighted by Crippen LogP contribution is 2.19. The lowest BCUT2D eigenvalue weighted by molar-refractivity contribution is -0.123. The minimum atomic E-state index is -0.134. The summed E-state index contributed by atoms with van der Waals surface area (Å²) in [5.74, 6) is 1.28. The van der Waals surface area contributed by atoms with Crippen LogP contribution in [0.25, 0.3) is 0 Å². The summed E-state index contributed by atoms with van der Waals surface area (Å²) < 4.78 is 16.0. The second-order valence-electron chi connectivity index (χ2n) is 5.02. The Labute approximate surface area is 132 Å². The first kappa shape index (κ1) is 18.3. The van der Waals surface area contributed by atoms with Crippen molar-refractivity contribution in [1.82, 2.24) is 5.32 Å². The maximum Gasteiger partial charge on any atom is 0.257 e. The Morgan fingerprint density at radius 1 is 1.09 bits per heavy atom. The SMILES string of the molecule is CCCCCOc1cccc(OCC(=O)NCCCOC)c1. The van der Waals surface area contributed by atoms with Gasteiger partial charge in [0, 0.05) is 26.3 Å². The average molecular weight is 309 g/mol. The Balaban J connectivity index is 2.26. The zero-order valence-electron chi connectivity index (χ0n) is 13.6. The Morgan fingerprint density at radius 3 is 2.59 bits per heavy atom. The number of rotatable bonds is 12. The molecule has 0 saturated carbocycles. The number of hydrogen-bond donors (Lipinski definition) is 1. The number of amides is 1. The lowest BCUT2D eigenvalue weighted by Crippen LogP contribution is -2.30. The van der Waals surface area contributed by atoms with Gasteiger partial charge in [0.25, 0.3) is 5.91 Å². The molecule has 1 aromatic carbocycles. The van der Waals surface area contributed by atoms with E-state index in [1.807, 2.05) is 24.3 Å². The molecule has 0 atom stereocenters. The van der Waals surface area contributed by atoms with Crippen molar-refractivity contribution < 1.29 is 19.0 Å². The minimum absolute atomic E-state index is 0.00622. The van der Waals surface area contributed by atoms with Gasteiger partial charge in [-0.2, -0.15) is 0 Å². The predicted octanol–water partition coefficient (Wildman–Crippen LogP) is 2.79. The van der Waals surface area contributed by atoms with Crippen LogP contribution in [0.2, 0.25) is 0 Å². The highest BCUT2D eigenvalue weighted by Gasteiger charge is 2.03. The molecular formula is C17H27NO4. The first-order valence-electron chi connectivity index (χ1n) is 7.87. The van der Waals surface area contributed by atoms with Crippen molar-refractivity contribution >= 4 is 5.91 Å². The smallest absolute Gasteiger partial charge is 0.257 e. The van der Waals surface area contributed by atoms with E-state index < -0.39 is 0 Å². The lowest BCUT2D eigenvalue weighted by atomic mass is 10.3. The molecule has 0 fully saturated rings. The normalized spacial score (nSPS) is 10.3. The molecule has 0 aliphatic heterocycles. The second kappa shape index (κ2) is 11.9. The topological polar surface area (TPSA) is 56.8 Å². The third kappa shape index (κ3) is 8.52. The third-order valence-corrected chi connectivity index (χ3v) is 3.04. The monoisotopic (exact) mass is 309 g/mol. The molecule has 0 aromatic heterocycles. The number of carbonyl (C=O) groups is 1. The van der Waals surface area contributed by atoms with Gasteiger partial charge in [0.1, 0.15) is 11.5 Å². The van der Waals surface area contributed by atoms with Gasteiger partial charge in [-0.1, -0.05) is 25.8 Å². The van der Waals surface area contributed by atoms with Gasteiger partial charge in [-0.25, -0.2) is 0 Å². The summed E-state index contributed by atoms with van der Waals surface area (Å²) in [4.78, 5) is 11.6. The van der Waals surface area contributed by atoms with Gasteiger partial charge < -0.3 is 19.5 Å². The van der Waals surface area contributed by atoms with Crippen LogP contribution in [-0.4, -0.2) is 39.4 Å². The number of unbranched alkanes of at least 4 members (excludes halogenated alkanes) is 2. The molecule has 124 valence electrons. The van der Waals surface area contributed by atoms with Crippen LogP contribution in [0.1, 0.15) is 32.6 Å². The highest BCUT2D eigenvalue weighted by molar-refractivity contribution is 5.77. The van der Waals surface area contributed by atoms with E-state index in [2.05, 4.69) is 12.2 Å². The third-order valence-electron chi connectivity index (χ3n) is 3.04. The van der Waals surface area contributed by atoms with Gasteiger partial charge >= 0.3 is 0 Å². The number of benzene rings is 1. The van der Waals surface area contributed by atoms with Gasteiger partial charge in [-0.3, -0.25) is 4.79 Å². The Hall–Kier alpha value is -1.75. The maximum atomic E-state index is 11.6. The summed E-state index contributed by atoms with van der Waals surface area (Å²) in [7, 11) is 1.64. The van der Waals surface area contributed by atoms with E-state index in [1.165, 1.54) is 12.8 Å². The van der Waals surface area contributed by atoms with Crippen molar-refractivity contribution in [2.45, 2.75) is 32.6 Å². The highest BCUT2D eigenvalue weighted by atomic mass is 16.5. The summed E-state index contributed by atoms with van der Waals surface area (Å²) in [5.41, 5.74) is 0. The zero-order valence-corrected chi connectivity index (χ0v) is 13.6. The summed E-state index contributed by atoms with van der Waals surface area (Å²) >= 11 is 0. The molecule has 0 aliphatic rings. The molecule has 1 N–H and O–H groups in total. The predicted molar refractivity (Wildman–Crippen MR) is 86.5 cm³/mol. The van der Waals surface area contributed by atoms with Crippen LogP contribution in [0.15, 0.2) is 24.3 Å². The van der Waals surface area contributed by atoms with E-state index in [4.69, 9.17) is 14.2 Å². The van der Waals surface area contributed by atoms with E-state index in [0.29, 0.717) is 25.5 Å². The van der Waals surface area contributed by atoms with Crippen LogP contribution in [0, 0.1) is 0 Å². The van der Waals surface area contributed by atoms with E-state index >= 15 is 0 Å². The first-order chi connectivity index (χ1) is 10.8. The summed E-state index contributed by atoms with van der Waals surface area (Å²) in [6.07, 6.45) is 4.18. The Bertz CT molecular complexity index is 423. The number of methoxy groups -OCH3 is 1. The molecular weight excluding hydrogens is 282 g/mol. The molecule has 5 nitrogen and oxygen atoms in total. The van der Waals surface area contributed by atoms with Crippen molar-refractivity contribution in [3.63, 3.8) is 0 Å². The molecule has 5 heteroatoms. The minimum Gasteiger partial charge on any atom is -0.493 e. The van der Waals surface area contributed by atoms with Gasteiger partial charge in [-0.05, 0) is 25.0 Å². The first-order valence-corrected chi connectivity index (χ1v) is 7.87. The van der Waals surface area contributed by atoms with E-state index in [9.17, 15) is 4.79 Å². The summed E-state index contributed by atoms with van der Waals surface area (Å²) in [6.45, 7) is 4.10. The molecule has 0 unspecified atom stereocenters. The van der Waals surface area contributed by atoms with Crippen molar-refractivity contribution in [3.8, 4) is 11.5 Å². The van der Waals surface area contributed by atoms with Crippen LogP contribution in [0.4, 0.5) is 0 Å². The van der Waals surface area contributed by atoms with Crippen LogP contribution in [0.3, 0.4) is 0 Å². The van der Waals surface area contributed by atoms with Crippen molar-refractivity contribution in [3.05, 3.63) is 24.3 Å². The second-order valence-corrected chi connectivity index (χ2v) is 5.02. The molecule has 0 aliphatic carbocycles. The van der Waals surface area contributed by atoms with Crippen LogP contribution < -0.4 is 14.8 Å². The number of nitrogens with one attached hydrogen (secondary N) is 1. The largest absolute Gasteiger partial charge is 0.493 e. The molecule has 1 aromatic rings. The molecule has 0 saturated heterocycles. The summed E-state index contributed by atoms with van der Waals surface area (Å²) in [5, 5.41) is 2.78. The molecule has 22 heavy (non-hydrogen) atoms. The molecule has 0 radical (unpaired) electrons. The maximum absolute atomic E-state index is 11.6. The Morgan fingerprint density at radius 2 is 1.86 bits per heavy atom. The molecule has 1 rings (SSSR count). The van der Waals surface area contributed by atoms with Gasteiger partial charge in [-0.15, -0.1) is 0 Å². The van der Waals surface area contributed by atoms with E-state index in [-0.39, 0.29) is 12.5 Å². The van der Waals surface area contributed by atoms with Crippen molar-refractivity contribution in [1.29, 1.82) is 0 Å². The van der Waals surface area contributed by atoms with Crippen LogP contribution >= 0.6 is 0 Å². The Kier molecular flexibility index (Phi) is 9.87. The van der Waals surface area contributed by atoms with E-state index in [0.717, 1.165) is 18.6 Å². The van der Waals surface area contributed by atoms with Crippen molar-refractivity contribution in [2.24, 2.45) is 0 Å². The zero-order chi connectivity index (χ0) is 16.0. The van der Waals surface area contributed by atoms with Crippen LogP contribution in [0.5, 0.6) is 11.5 Å². The molecule has 1 amide bonds. The fourth-order valence-corrected chi connectivity index (χ4v) is 1.84. The fraction of sp³-hybridized carbons (Fsp3) is 0.588. The van der Waals surface area contributed by atoms with Crippen LogP contribution in [-0.2, 0) is 9.53 Å². The lowest BCUT2D eigenvalue weighted by Gasteiger charge is -2.10. The fourth-order valence-electron chi connectivity index (χ4n) is 1.84. The van der Waals surface area contributed by atoms with Crippen molar-refractivity contribution in [2.75, 3.05) is 33.5 Å². The van der Waals surface area contributed by atoms with E-state index in [1.54, 1.807) is 7.11 Å². The number of hydrogen-bond acceptors (Lipinski definition) is 4. The van der Waals surface area contributed by atoms with Gasteiger partial charge in [0.05, 0.1) is 6.61 Å². The number of ether oxygens (including phenoxy) is 3. The molecule has 0 heterocycles. The number of carbonyl (C=O) groups excluding carboxylic acids is 1. The standard InChI is InChI=1S/C17H27NO4/c1-3-4-5-12-21-15-8-6-9-16(13-15)22-14-17(19)18-10-7-11-20-2/h6,8-9,13H,3-5,7,10-12,14H2,1-2H3,(H,18,19). The quantitative estimate of drug-likeness (QED) is 0.603. The average Bonchev–Trinajstić information content (AvgIpc) is 2.54. The van der Waals surface area contributed by atoms with Gasteiger partial charge in [0.15, 0.2) is 6.61 Å². The van der Waals surface area contributed by atoms with Gasteiger partial charge in [0.2, 0.25) is 0 Å². The molecule has 0 bridgehead atoms. The summed E-state index contributed by atoms with van der Waals surface area (Å²) in [6, 6.07) is 7.38.